The summed E-state index contributed by atoms with van der Waals surface area (Å²) in [6, 6.07) is 3.56. The van der Waals surface area contributed by atoms with Crippen molar-refractivity contribution in [2.45, 2.75) is 19.8 Å². The Balaban J connectivity index is 2.54. The van der Waals surface area contributed by atoms with E-state index in [1.165, 1.54) is 11.3 Å². The fourth-order valence-electron chi connectivity index (χ4n) is 0.923. The summed E-state index contributed by atoms with van der Waals surface area (Å²) in [7, 11) is 0. The lowest BCUT2D eigenvalue weighted by Gasteiger charge is -1.98. The van der Waals surface area contributed by atoms with Crippen molar-refractivity contribution in [3.05, 3.63) is 21.9 Å². The third-order valence-corrected chi connectivity index (χ3v) is 2.61. The maximum Gasteiger partial charge on any atom is 0.173 e. The second-order valence-electron chi connectivity index (χ2n) is 2.71. The molecule has 0 radical (unpaired) electrons. The monoisotopic (exact) mass is 197 g/mol. The number of aryl methyl sites for hydroxylation is 1. The zero-order chi connectivity index (χ0) is 9.84. The molecule has 0 atom stereocenters. The predicted octanol–water partition coefficient (Wildman–Crippen LogP) is 0.769. The summed E-state index contributed by atoms with van der Waals surface area (Å²) in [5.41, 5.74) is 0. The van der Waals surface area contributed by atoms with Gasteiger partial charge in [0.15, 0.2) is 5.78 Å². The number of hydrogen-bond acceptors (Lipinski definition) is 4. The van der Waals surface area contributed by atoms with E-state index in [1.54, 1.807) is 6.07 Å². The van der Waals surface area contributed by atoms with Crippen LogP contribution < -0.4 is 5.11 Å². The Morgan fingerprint density at radius 1 is 1.38 bits per heavy atom. The van der Waals surface area contributed by atoms with Crippen LogP contribution in [0.2, 0.25) is 0 Å². The molecule has 0 saturated carbocycles. The Morgan fingerprint density at radius 2 is 2.08 bits per heavy atom. The minimum absolute atomic E-state index is 0.0300. The third-order valence-electron chi connectivity index (χ3n) is 1.57. The van der Waals surface area contributed by atoms with Gasteiger partial charge in [0.2, 0.25) is 0 Å². The summed E-state index contributed by atoms with van der Waals surface area (Å²) in [4.78, 5) is 23.0. The third kappa shape index (κ3) is 2.99. The molecule has 1 aromatic heterocycles. The van der Waals surface area contributed by atoms with E-state index in [0.717, 1.165) is 4.88 Å². The SMILES string of the molecule is Cc1ccc(C(=O)CCC(=O)[O-])s1. The number of aliphatic carboxylic acids is 1. The largest absolute Gasteiger partial charge is 0.550 e. The minimum Gasteiger partial charge on any atom is -0.550 e. The first-order valence-electron chi connectivity index (χ1n) is 3.89. The summed E-state index contributed by atoms with van der Waals surface area (Å²) >= 11 is 1.38. The molecule has 3 nitrogen and oxygen atoms in total. The number of carbonyl (C=O) groups excluding carboxylic acids is 2. The lowest BCUT2D eigenvalue weighted by atomic mass is 10.2. The number of hydrogen-bond donors (Lipinski definition) is 0. The highest BCUT2D eigenvalue weighted by atomic mass is 32.1. The molecule has 70 valence electrons. The highest BCUT2D eigenvalue weighted by molar-refractivity contribution is 7.14. The summed E-state index contributed by atoms with van der Waals surface area (Å²) in [5, 5.41) is 10.1. The molecule has 4 heteroatoms. The molecule has 0 bridgehead atoms. The van der Waals surface area contributed by atoms with E-state index in [0.29, 0.717) is 4.88 Å². The average molecular weight is 197 g/mol. The average Bonchev–Trinajstić information content (AvgIpc) is 2.47. The Morgan fingerprint density at radius 3 is 2.54 bits per heavy atom. The van der Waals surface area contributed by atoms with Crippen LogP contribution in [0.25, 0.3) is 0 Å². The first kappa shape index (κ1) is 9.92. The molecule has 0 unspecified atom stereocenters. The Kier molecular flexibility index (Phi) is 3.19. The standard InChI is InChI=1S/C9H10O3S/c1-6-2-4-8(13-6)7(10)3-5-9(11)12/h2,4H,3,5H2,1H3,(H,11,12)/p-1. The van der Waals surface area contributed by atoms with Crippen LogP contribution in [0.5, 0.6) is 0 Å². The molecule has 0 spiro atoms. The Hall–Kier alpha value is -1.16. The molecule has 0 aliphatic carbocycles. The van der Waals surface area contributed by atoms with Crippen LogP contribution in [0, 0.1) is 6.92 Å². The van der Waals surface area contributed by atoms with Gasteiger partial charge in [-0.2, -0.15) is 0 Å². The molecule has 0 aromatic carbocycles. The number of carboxylic acid groups (broad SMARTS) is 1. The zero-order valence-electron chi connectivity index (χ0n) is 7.20. The molecular formula is C9H9O3S-. The number of rotatable bonds is 4. The summed E-state index contributed by atoms with van der Waals surface area (Å²) in [6.45, 7) is 1.90. The molecule has 0 aliphatic heterocycles. The number of carbonyl (C=O) groups is 2. The van der Waals surface area contributed by atoms with Crippen LogP contribution in [0.3, 0.4) is 0 Å². The van der Waals surface area contributed by atoms with Gasteiger partial charge in [0, 0.05) is 17.3 Å². The van der Waals surface area contributed by atoms with Crippen LogP contribution in [-0.4, -0.2) is 11.8 Å². The molecule has 1 rings (SSSR count). The van der Waals surface area contributed by atoms with E-state index in [2.05, 4.69) is 0 Å². The maximum atomic E-state index is 11.3. The summed E-state index contributed by atoms with van der Waals surface area (Å²) in [5.74, 6) is -1.30. The molecule has 0 amide bonds. The molecule has 0 N–H and O–H groups in total. The molecule has 13 heavy (non-hydrogen) atoms. The Bertz CT molecular complexity index is 327. The fourth-order valence-corrected chi connectivity index (χ4v) is 1.76. The molecule has 0 fully saturated rings. The first-order chi connectivity index (χ1) is 6.09. The maximum absolute atomic E-state index is 11.3. The number of Topliss-reactive ketones (excluding diaryl/α,β-unsaturated/α-hetero) is 1. The second-order valence-corrected chi connectivity index (χ2v) is 3.99. The van der Waals surface area contributed by atoms with Crippen molar-refractivity contribution in [3.8, 4) is 0 Å². The smallest absolute Gasteiger partial charge is 0.173 e. The fraction of sp³-hybridized carbons (Fsp3) is 0.333. The van der Waals surface area contributed by atoms with E-state index in [1.807, 2.05) is 13.0 Å². The summed E-state index contributed by atoms with van der Waals surface area (Å²) in [6.07, 6.45) is -0.169. The lowest BCUT2D eigenvalue weighted by molar-refractivity contribution is -0.305. The first-order valence-corrected chi connectivity index (χ1v) is 4.70. The van der Waals surface area contributed by atoms with E-state index in [9.17, 15) is 14.7 Å². The van der Waals surface area contributed by atoms with Crippen LogP contribution in [0.1, 0.15) is 27.4 Å². The van der Waals surface area contributed by atoms with Crippen molar-refractivity contribution in [2.24, 2.45) is 0 Å². The minimum atomic E-state index is -1.18. The van der Waals surface area contributed by atoms with Gasteiger partial charge in [-0.05, 0) is 25.5 Å². The van der Waals surface area contributed by atoms with Crippen molar-refractivity contribution in [2.75, 3.05) is 0 Å². The second kappa shape index (κ2) is 4.18. The lowest BCUT2D eigenvalue weighted by Crippen LogP contribution is -2.22. The van der Waals surface area contributed by atoms with Crippen molar-refractivity contribution in [1.29, 1.82) is 0 Å². The van der Waals surface area contributed by atoms with Gasteiger partial charge in [0.05, 0.1) is 4.88 Å². The number of carboxylic acids is 1. The molecular weight excluding hydrogens is 188 g/mol. The van der Waals surface area contributed by atoms with Crippen molar-refractivity contribution >= 4 is 23.1 Å². The summed E-state index contributed by atoms with van der Waals surface area (Å²) < 4.78 is 0. The molecule has 1 aromatic rings. The molecule has 0 aliphatic rings. The van der Waals surface area contributed by atoms with E-state index >= 15 is 0 Å². The highest BCUT2D eigenvalue weighted by Gasteiger charge is 2.07. The van der Waals surface area contributed by atoms with Gasteiger partial charge in [-0.1, -0.05) is 0 Å². The van der Waals surface area contributed by atoms with Crippen LogP contribution in [-0.2, 0) is 4.79 Å². The van der Waals surface area contributed by atoms with Crippen molar-refractivity contribution in [3.63, 3.8) is 0 Å². The quantitative estimate of drug-likeness (QED) is 0.670. The van der Waals surface area contributed by atoms with Crippen LogP contribution in [0.4, 0.5) is 0 Å². The van der Waals surface area contributed by atoms with Gasteiger partial charge in [-0.15, -0.1) is 11.3 Å². The Labute approximate surface area is 80.0 Å². The zero-order valence-corrected chi connectivity index (χ0v) is 8.02. The normalized spacial score (nSPS) is 9.92. The van der Waals surface area contributed by atoms with E-state index in [4.69, 9.17) is 0 Å². The number of ketones is 1. The highest BCUT2D eigenvalue weighted by Crippen LogP contribution is 2.17. The topological polar surface area (TPSA) is 57.2 Å². The van der Waals surface area contributed by atoms with Crippen molar-refractivity contribution < 1.29 is 14.7 Å². The van der Waals surface area contributed by atoms with Gasteiger partial charge in [0.1, 0.15) is 0 Å². The molecule has 0 saturated heterocycles. The van der Waals surface area contributed by atoms with Gasteiger partial charge in [0.25, 0.3) is 0 Å². The van der Waals surface area contributed by atoms with Gasteiger partial charge < -0.3 is 9.90 Å². The van der Waals surface area contributed by atoms with Gasteiger partial charge >= 0.3 is 0 Å². The van der Waals surface area contributed by atoms with Gasteiger partial charge in [-0.3, -0.25) is 4.79 Å². The van der Waals surface area contributed by atoms with Gasteiger partial charge in [-0.25, -0.2) is 0 Å². The van der Waals surface area contributed by atoms with E-state index < -0.39 is 5.97 Å². The predicted molar refractivity (Wildman–Crippen MR) is 47.6 cm³/mol. The van der Waals surface area contributed by atoms with Crippen LogP contribution >= 0.6 is 11.3 Å². The van der Waals surface area contributed by atoms with Crippen LogP contribution in [0.15, 0.2) is 12.1 Å². The number of thiophene rings is 1. The molecule has 1 heterocycles. The van der Waals surface area contributed by atoms with E-state index in [-0.39, 0.29) is 18.6 Å². The van der Waals surface area contributed by atoms with Crippen molar-refractivity contribution in [1.82, 2.24) is 0 Å².